The van der Waals surface area contributed by atoms with Crippen LogP contribution in [0.4, 0.5) is 10.5 Å². The average Bonchev–Trinajstić information content (AvgIpc) is 2.47. The third-order valence-corrected chi connectivity index (χ3v) is 2.94. The predicted molar refractivity (Wildman–Crippen MR) is 78.2 cm³/mol. The number of hydrogen-bond acceptors (Lipinski definition) is 3. The van der Waals surface area contributed by atoms with Crippen LogP contribution in [0, 0.1) is 6.92 Å². The topological polar surface area (TPSA) is 91.3 Å². The minimum atomic E-state index is -1.11. The van der Waals surface area contributed by atoms with Crippen molar-refractivity contribution in [1.29, 1.82) is 0 Å². The van der Waals surface area contributed by atoms with Crippen molar-refractivity contribution in [3.8, 4) is 0 Å². The van der Waals surface area contributed by atoms with E-state index in [2.05, 4.69) is 15.6 Å². The summed E-state index contributed by atoms with van der Waals surface area (Å²) < 4.78 is 0. The number of aromatic nitrogens is 1. The zero-order valence-corrected chi connectivity index (χ0v) is 11.5. The van der Waals surface area contributed by atoms with E-state index in [-0.39, 0.29) is 11.7 Å². The van der Waals surface area contributed by atoms with Crippen molar-refractivity contribution in [2.45, 2.75) is 13.5 Å². The minimum Gasteiger partial charge on any atom is -0.477 e. The number of pyridine rings is 1. The Balaban J connectivity index is 1.90. The molecule has 0 saturated heterocycles. The summed E-state index contributed by atoms with van der Waals surface area (Å²) in [6, 6.07) is 10.2. The van der Waals surface area contributed by atoms with Gasteiger partial charge in [-0.2, -0.15) is 0 Å². The Hall–Kier alpha value is -2.89. The Morgan fingerprint density at radius 2 is 1.95 bits per heavy atom. The highest BCUT2D eigenvalue weighted by Gasteiger charge is 2.06. The van der Waals surface area contributed by atoms with Gasteiger partial charge in [0.15, 0.2) is 0 Å². The number of carbonyl (C=O) groups is 2. The maximum absolute atomic E-state index is 11.7. The monoisotopic (exact) mass is 285 g/mol. The van der Waals surface area contributed by atoms with Gasteiger partial charge in [-0.25, -0.2) is 14.6 Å². The lowest BCUT2D eigenvalue weighted by atomic mass is 10.1. The molecule has 0 atom stereocenters. The molecule has 2 rings (SSSR count). The molecule has 1 aromatic carbocycles. The van der Waals surface area contributed by atoms with E-state index in [0.29, 0.717) is 12.2 Å². The van der Waals surface area contributed by atoms with Crippen LogP contribution < -0.4 is 10.6 Å². The second kappa shape index (κ2) is 6.51. The Morgan fingerprint density at radius 1 is 1.19 bits per heavy atom. The molecule has 3 N–H and O–H groups in total. The molecule has 6 heteroatoms. The molecule has 1 aromatic heterocycles. The van der Waals surface area contributed by atoms with Gasteiger partial charge in [0.25, 0.3) is 0 Å². The fraction of sp³-hybridized carbons (Fsp3) is 0.133. The van der Waals surface area contributed by atoms with Crippen molar-refractivity contribution in [1.82, 2.24) is 10.3 Å². The molecule has 0 spiro atoms. The van der Waals surface area contributed by atoms with Gasteiger partial charge in [0.1, 0.15) is 5.69 Å². The summed E-state index contributed by atoms with van der Waals surface area (Å²) in [5, 5.41) is 14.1. The number of aryl methyl sites for hydroxylation is 1. The number of benzene rings is 1. The van der Waals surface area contributed by atoms with Crippen molar-refractivity contribution in [2.75, 3.05) is 5.32 Å². The van der Waals surface area contributed by atoms with Gasteiger partial charge in [-0.3, -0.25) is 0 Å². The predicted octanol–water partition coefficient (Wildman–Crippen LogP) is 2.41. The van der Waals surface area contributed by atoms with Crippen LogP contribution in [0.5, 0.6) is 0 Å². The molecule has 108 valence electrons. The van der Waals surface area contributed by atoms with Crippen LogP contribution in [0.3, 0.4) is 0 Å². The van der Waals surface area contributed by atoms with Crippen molar-refractivity contribution in [3.05, 3.63) is 59.4 Å². The van der Waals surface area contributed by atoms with E-state index in [1.165, 1.54) is 18.3 Å². The average molecular weight is 285 g/mol. The zero-order valence-electron chi connectivity index (χ0n) is 11.5. The van der Waals surface area contributed by atoms with Gasteiger partial charge in [0, 0.05) is 6.54 Å². The SMILES string of the molecule is Cc1ccccc1CNC(=O)Nc1ccc(C(=O)O)nc1. The van der Waals surface area contributed by atoms with E-state index in [1.807, 2.05) is 31.2 Å². The molecular formula is C15H15N3O3. The second-order valence-electron chi connectivity index (χ2n) is 4.47. The van der Waals surface area contributed by atoms with Gasteiger partial charge in [-0.05, 0) is 30.2 Å². The molecule has 0 saturated carbocycles. The number of carbonyl (C=O) groups excluding carboxylic acids is 1. The van der Waals surface area contributed by atoms with Crippen molar-refractivity contribution in [2.24, 2.45) is 0 Å². The van der Waals surface area contributed by atoms with Crippen LogP contribution >= 0.6 is 0 Å². The number of hydrogen-bond donors (Lipinski definition) is 3. The van der Waals surface area contributed by atoms with Crippen LogP contribution in [0.1, 0.15) is 21.6 Å². The third-order valence-electron chi connectivity index (χ3n) is 2.94. The second-order valence-corrected chi connectivity index (χ2v) is 4.47. The van der Waals surface area contributed by atoms with Gasteiger partial charge in [-0.15, -0.1) is 0 Å². The third kappa shape index (κ3) is 4.04. The largest absolute Gasteiger partial charge is 0.477 e. The standard InChI is InChI=1S/C15H15N3O3/c1-10-4-2-3-5-11(10)8-17-15(21)18-12-6-7-13(14(19)20)16-9-12/h2-7,9H,8H2,1H3,(H,19,20)(H2,17,18,21). The van der Waals surface area contributed by atoms with E-state index < -0.39 is 5.97 Å². The van der Waals surface area contributed by atoms with Crippen LogP contribution in [-0.2, 0) is 6.54 Å². The molecule has 0 bridgehead atoms. The number of urea groups is 1. The van der Waals surface area contributed by atoms with E-state index >= 15 is 0 Å². The number of nitrogens with zero attached hydrogens (tertiary/aromatic N) is 1. The van der Waals surface area contributed by atoms with Gasteiger partial charge in [-0.1, -0.05) is 24.3 Å². The summed E-state index contributed by atoms with van der Waals surface area (Å²) in [4.78, 5) is 26.1. The number of aromatic carboxylic acids is 1. The maximum atomic E-state index is 11.7. The van der Waals surface area contributed by atoms with Crippen molar-refractivity contribution >= 4 is 17.7 Å². The molecule has 0 aliphatic carbocycles. The zero-order chi connectivity index (χ0) is 15.2. The van der Waals surface area contributed by atoms with Gasteiger partial charge < -0.3 is 15.7 Å². The van der Waals surface area contributed by atoms with Crippen LogP contribution in [0.2, 0.25) is 0 Å². The molecule has 1 heterocycles. The molecule has 21 heavy (non-hydrogen) atoms. The van der Waals surface area contributed by atoms with Crippen LogP contribution in [0.15, 0.2) is 42.6 Å². The molecule has 0 radical (unpaired) electrons. The summed E-state index contributed by atoms with van der Waals surface area (Å²) in [5.74, 6) is -1.11. The van der Waals surface area contributed by atoms with Gasteiger partial charge in [0.2, 0.25) is 0 Å². The number of anilines is 1. The lowest BCUT2D eigenvalue weighted by Gasteiger charge is -2.09. The summed E-state index contributed by atoms with van der Waals surface area (Å²) in [6.45, 7) is 2.39. The Morgan fingerprint density at radius 3 is 2.57 bits per heavy atom. The molecule has 6 nitrogen and oxygen atoms in total. The number of carboxylic acids is 1. The van der Waals surface area contributed by atoms with Gasteiger partial charge >= 0.3 is 12.0 Å². The van der Waals surface area contributed by atoms with Crippen molar-refractivity contribution in [3.63, 3.8) is 0 Å². The van der Waals surface area contributed by atoms with Crippen LogP contribution in [-0.4, -0.2) is 22.1 Å². The summed E-state index contributed by atoms with van der Waals surface area (Å²) in [7, 11) is 0. The first kappa shape index (κ1) is 14.5. The van der Waals surface area contributed by atoms with E-state index in [1.54, 1.807) is 0 Å². The number of amides is 2. The molecule has 0 aliphatic rings. The van der Waals surface area contributed by atoms with E-state index in [9.17, 15) is 9.59 Å². The molecule has 0 unspecified atom stereocenters. The first-order valence-electron chi connectivity index (χ1n) is 6.35. The lowest BCUT2D eigenvalue weighted by Crippen LogP contribution is -2.28. The normalized spacial score (nSPS) is 9.95. The fourth-order valence-corrected chi connectivity index (χ4v) is 1.75. The van der Waals surface area contributed by atoms with Crippen LogP contribution in [0.25, 0.3) is 0 Å². The highest BCUT2D eigenvalue weighted by atomic mass is 16.4. The number of carboxylic acid groups (broad SMARTS) is 1. The fourth-order valence-electron chi connectivity index (χ4n) is 1.75. The first-order chi connectivity index (χ1) is 10.1. The Kier molecular flexibility index (Phi) is 4.50. The summed E-state index contributed by atoms with van der Waals surface area (Å²) >= 11 is 0. The summed E-state index contributed by atoms with van der Waals surface area (Å²) in [5.41, 5.74) is 2.50. The molecule has 2 aromatic rings. The Bertz CT molecular complexity index is 653. The smallest absolute Gasteiger partial charge is 0.354 e. The molecule has 0 fully saturated rings. The first-order valence-corrected chi connectivity index (χ1v) is 6.35. The highest BCUT2D eigenvalue weighted by Crippen LogP contribution is 2.08. The molecule has 0 aliphatic heterocycles. The quantitative estimate of drug-likeness (QED) is 0.804. The van der Waals surface area contributed by atoms with Gasteiger partial charge in [0.05, 0.1) is 11.9 Å². The number of nitrogens with one attached hydrogen (secondary N) is 2. The number of rotatable bonds is 4. The maximum Gasteiger partial charge on any atom is 0.354 e. The Labute approximate surface area is 121 Å². The summed E-state index contributed by atoms with van der Waals surface area (Å²) in [6.07, 6.45) is 1.30. The molecule has 2 amide bonds. The molecular weight excluding hydrogens is 270 g/mol. The van der Waals surface area contributed by atoms with E-state index in [4.69, 9.17) is 5.11 Å². The van der Waals surface area contributed by atoms with E-state index in [0.717, 1.165) is 11.1 Å². The highest BCUT2D eigenvalue weighted by molar-refractivity contribution is 5.90. The lowest BCUT2D eigenvalue weighted by molar-refractivity contribution is 0.0690. The minimum absolute atomic E-state index is 0.0686. The van der Waals surface area contributed by atoms with Crippen molar-refractivity contribution < 1.29 is 14.7 Å².